The molecule has 1 aromatic heterocycles. The number of carbonyl (C=O) groups excluding carboxylic acids is 1. The maximum atomic E-state index is 14.0. The van der Waals surface area contributed by atoms with E-state index >= 15 is 0 Å². The molecule has 18 heavy (non-hydrogen) atoms. The standard InChI is InChI=1S/C12H13FN4O/c1-17(6-10(15)18)12-8(13)5-9(14)7-3-2-4-16-11(7)12/h2-5H,6,14H2,1H3,(H2,15,18). The van der Waals surface area contributed by atoms with Crippen LogP contribution < -0.4 is 16.4 Å². The van der Waals surface area contributed by atoms with Crippen LogP contribution in [0.5, 0.6) is 0 Å². The highest BCUT2D eigenvalue weighted by Crippen LogP contribution is 2.31. The highest BCUT2D eigenvalue weighted by molar-refractivity contribution is 5.99. The van der Waals surface area contributed by atoms with Crippen LogP contribution in [0.2, 0.25) is 0 Å². The summed E-state index contributed by atoms with van der Waals surface area (Å²) in [5.41, 5.74) is 11.8. The van der Waals surface area contributed by atoms with Crippen molar-refractivity contribution in [1.29, 1.82) is 0 Å². The average Bonchev–Trinajstić information content (AvgIpc) is 2.28. The lowest BCUT2D eigenvalue weighted by molar-refractivity contribution is -0.116. The maximum Gasteiger partial charge on any atom is 0.236 e. The number of pyridine rings is 1. The third-order valence-corrected chi connectivity index (χ3v) is 2.63. The van der Waals surface area contributed by atoms with E-state index in [2.05, 4.69) is 4.98 Å². The number of fused-ring (bicyclic) bond motifs is 1. The van der Waals surface area contributed by atoms with E-state index in [-0.39, 0.29) is 12.2 Å². The predicted octanol–water partition coefficient (Wildman–Crippen LogP) is 0.878. The number of rotatable bonds is 3. The highest BCUT2D eigenvalue weighted by atomic mass is 19.1. The van der Waals surface area contributed by atoms with Crippen LogP contribution in [-0.4, -0.2) is 24.5 Å². The van der Waals surface area contributed by atoms with Gasteiger partial charge in [-0.3, -0.25) is 9.78 Å². The van der Waals surface area contributed by atoms with Gasteiger partial charge in [-0.25, -0.2) is 4.39 Å². The third-order valence-electron chi connectivity index (χ3n) is 2.63. The van der Waals surface area contributed by atoms with Crippen molar-refractivity contribution in [3.05, 3.63) is 30.2 Å². The van der Waals surface area contributed by atoms with Crippen LogP contribution in [0.4, 0.5) is 15.8 Å². The fourth-order valence-electron chi connectivity index (χ4n) is 1.90. The number of carbonyl (C=O) groups is 1. The van der Waals surface area contributed by atoms with Gasteiger partial charge < -0.3 is 16.4 Å². The number of nitrogens with zero attached hydrogens (tertiary/aromatic N) is 2. The Labute approximate surface area is 103 Å². The molecule has 1 aromatic carbocycles. The zero-order chi connectivity index (χ0) is 13.3. The van der Waals surface area contributed by atoms with E-state index in [9.17, 15) is 9.18 Å². The van der Waals surface area contributed by atoms with Gasteiger partial charge in [-0.15, -0.1) is 0 Å². The van der Waals surface area contributed by atoms with Crippen LogP contribution >= 0.6 is 0 Å². The van der Waals surface area contributed by atoms with Crippen LogP contribution in [0, 0.1) is 5.82 Å². The van der Waals surface area contributed by atoms with Gasteiger partial charge in [0.1, 0.15) is 0 Å². The van der Waals surface area contributed by atoms with Gasteiger partial charge in [-0.2, -0.15) is 0 Å². The first-order chi connectivity index (χ1) is 8.50. The van der Waals surface area contributed by atoms with Crippen molar-refractivity contribution in [2.45, 2.75) is 0 Å². The molecule has 4 N–H and O–H groups in total. The molecule has 2 aromatic rings. The number of hydrogen-bond donors (Lipinski definition) is 2. The van der Waals surface area contributed by atoms with Crippen molar-refractivity contribution in [1.82, 2.24) is 4.98 Å². The second-order valence-corrected chi connectivity index (χ2v) is 4.02. The molecule has 0 saturated heterocycles. The van der Waals surface area contributed by atoms with E-state index in [1.54, 1.807) is 25.4 Å². The van der Waals surface area contributed by atoms with Gasteiger partial charge in [-0.1, -0.05) is 0 Å². The Bertz CT molecular complexity index is 614. The Kier molecular flexibility index (Phi) is 3.01. The van der Waals surface area contributed by atoms with E-state index in [4.69, 9.17) is 11.5 Å². The number of hydrogen-bond acceptors (Lipinski definition) is 4. The number of amides is 1. The van der Waals surface area contributed by atoms with Gasteiger partial charge in [0.2, 0.25) is 5.91 Å². The molecule has 0 aliphatic carbocycles. The molecule has 0 bridgehead atoms. The Balaban J connectivity index is 2.66. The fourth-order valence-corrected chi connectivity index (χ4v) is 1.90. The number of anilines is 2. The van der Waals surface area contributed by atoms with E-state index < -0.39 is 11.7 Å². The topological polar surface area (TPSA) is 85.2 Å². The number of likely N-dealkylation sites (N-methyl/N-ethyl adjacent to an activating group) is 1. The van der Waals surface area contributed by atoms with Gasteiger partial charge >= 0.3 is 0 Å². The summed E-state index contributed by atoms with van der Waals surface area (Å²) in [5, 5.41) is 0.644. The van der Waals surface area contributed by atoms with Gasteiger partial charge in [-0.05, 0) is 18.2 Å². The monoisotopic (exact) mass is 248 g/mol. The molecule has 0 fully saturated rings. The summed E-state index contributed by atoms with van der Waals surface area (Å²) in [4.78, 5) is 16.5. The molecule has 0 atom stereocenters. The molecule has 2 rings (SSSR count). The van der Waals surface area contributed by atoms with Crippen molar-refractivity contribution in [2.24, 2.45) is 5.73 Å². The lowest BCUT2D eigenvalue weighted by atomic mass is 10.1. The molecule has 94 valence electrons. The van der Waals surface area contributed by atoms with Crippen LogP contribution in [0.3, 0.4) is 0 Å². The molecular formula is C12H13FN4O. The fraction of sp³-hybridized carbons (Fsp3) is 0.167. The van der Waals surface area contributed by atoms with Gasteiger partial charge in [0.05, 0.1) is 17.7 Å². The van der Waals surface area contributed by atoms with Crippen LogP contribution in [-0.2, 0) is 4.79 Å². The molecule has 1 heterocycles. The maximum absolute atomic E-state index is 14.0. The quantitative estimate of drug-likeness (QED) is 0.789. The van der Waals surface area contributed by atoms with Gasteiger partial charge in [0.15, 0.2) is 5.82 Å². The first-order valence-corrected chi connectivity index (χ1v) is 5.33. The van der Waals surface area contributed by atoms with Crippen LogP contribution in [0.15, 0.2) is 24.4 Å². The summed E-state index contributed by atoms with van der Waals surface area (Å²) in [6, 6.07) is 4.68. The second-order valence-electron chi connectivity index (χ2n) is 4.02. The van der Waals surface area contributed by atoms with Crippen molar-refractivity contribution in [3.63, 3.8) is 0 Å². The zero-order valence-electron chi connectivity index (χ0n) is 9.85. The predicted molar refractivity (Wildman–Crippen MR) is 68.6 cm³/mol. The summed E-state index contributed by atoms with van der Waals surface area (Å²) >= 11 is 0. The Morgan fingerprint density at radius 3 is 2.94 bits per heavy atom. The summed E-state index contributed by atoms with van der Waals surface area (Å²) in [7, 11) is 1.58. The lowest BCUT2D eigenvalue weighted by Crippen LogP contribution is -2.31. The molecule has 0 radical (unpaired) electrons. The van der Waals surface area contributed by atoms with E-state index in [1.807, 2.05) is 0 Å². The van der Waals surface area contributed by atoms with E-state index in [1.165, 1.54) is 11.0 Å². The molecule has 0 aliphatic heterocycles. The summed E-state index contributed by atoms with van der Waals surface area (Å²) in [6.45, 7) is -0.0908. The first kappa shape index (κ1) is 12.1. The molecule has 1 amide bonds. The van der Waals surface area contributed by atoms with Crippen molar-refractivity contribution in [3.8, 4) is 0 Å². The number of nitrogens with two attached hydrogens (primary N) is 2. The Morgan fingerprint density at radius 1 is 1.56 bits per heavy atom. The largest absolute Gasteiger partial charge is 0.398 e. The second kappa shape index (κ2) is 4.48. The minimum Gasteiger partial charge on any atom is -0.398 e. The summed E-state index contributed by atoms with van der Waals surface area (Å²) in [6.07, 6.45) is 1.54. The molecule has 0 saturated carbocycles. The number of aromatic nitrogens is 1. The normalized spacial score (nSPS) is 10.6. The lowest BCUT2D eigenvalue weighted by Gasteiger charge is -2.20. The average molecular weight is 248 g/mol. The van der Waals surface area contributed by atoms with Crippen molar-refractivity contribution < 1.29 is 9.18 Å². The minimum atomic E-state index is -0.544. The van der Waals surface area contributed by atoms with E-state index in [0.29, 0.717) is 16.6 Å². The molecular weight excluding hydrogens is 235 g/mol. The number of nitrogen functional groups attached to an aromatic ring is 1. The smallest absolute Gasteiger partial charge is 0.236 e. The minimum absolute atomic E-state index is 0.0908. The number of halogens is 1. The number of benzene rings is 1. The van der Waals surface area contributed by atoms with Crippen molar-refractivity contribution >= 4 is 28.2 Å². The third kappa shape index (κ3) is 2.04. The number of primary amides is 1. The molecule has 0 spiro atoms. The van der Waals surface area contributed by atoms with Crippen LogP contribution in [0.1, 0.15) is 0 Å². The first-order valence-electron chi connectivity index (χ1n) is 5.33. The van der Waals surface area contributed by atoms with Crippen LogP contribution in [0.25, 0.3) is 10.9 Å². The van der Waals surface area contributed by atoms with Gasteiger partial charge in [0, 0.05) is 24.3 Å². The molecule has 0 unspecified atom stereocenters. The zero-order valence-corrected chi connectivity index (χ0v) is 9.85. The highest BCUT2D eigenvalue weighted by Gasteiger charge is 2.16. The molecule has 0 aliphatic rings. The van der Waals surface area contributed by atoms with Crippen molar-refractivity contribution in [2.75, 3.05) is 24.2 Å². The Hall–Kier alpha value is -2.37. The Morgan fingerprint density at radius 2 is 2.28 bits per heavy atom. The van der Waals surface area contributed by atoms with E-state index in [0.717, 1.165) is 0 Å². The summed E-state index contributed by atoms with van der Waals surface area (Å²) < 4.78 is 14.0. The molecule has 6 heteroatoms. The summed E-state index contributed by atoms with van der Waals surface area (Å²) in [5.74, 6) is -1.07. The molecule has 5 nitrogen and oxygen atoms in total. The van der Waals surface area contributed by atoms with Gasteiger partial charge in [0.25, 0.3) is 0 Å². The SMILES string of the molecule is CN(CC(N)=O)c1c(F)cc(N)c2cccnc12.